The first-order valence-corrected chi connectivity index (χ1v) is 18.1. The number of rotatable bonds is 31. The van der Waals surface area contributed by atoms with E-state index in [1.807, 2.05) is 6.92 Å². The third-order valence-corrected chi connectivity index (χ3v) is 7.87. The van der Waals surface area contributed by atoms with E-state index in [9.17, 15) is 24.2 Å². The van der Waals surface area contributed by atoms with Crippen molar-refractivity contribution in [1.29, 1.82) is 0 Å². The topological polar surface area (TPSA) is 149 Å². The molecule has 0 bridgehead atoms. The van der Waals surface area contributed by atoms with E-state index in [-0.39, 0.29) is 19.4 Å². The zero-order valence-corrected chi connectivity index (χ0v) is 27.8. The maximum Gasteiger partial charge on any atom is 0.472 e. The molecule has 0 aromatic rings. The van der Waals surface area contributed by atoms with Crippen molar-refractivity contribution in [3.63, 3.8) is 0 Å². The van der Waals surface area contributed by atoms with E-state index in [4.69, 9.17) is 19.1 Å². The van der Waals surface area contributed by atoms with Gasteiger partial charge in [-0.25, -0.2) is 4.57 Å². The minimum atomic E-state index is -4.59. The summed E-state index contributed by atoms with van der Waals surface area (Å²) in [6.07, 6.45) is 22.8. The van der Waals surface area contributed by atoms with Crippen molar-refractivity contribution in [2.45, 2.75) is 154 Å². The number of unbranched alkanes of at least 4 members (excludes halogenated alkanes) is 15. The lowest BCUT2D eigenvalue weighted by atomic mass is 10.1. The van der Waals surface area contributed by atoms with Gasteiger partial charge in [-0.15, -0.1) is 0 Å². The fourth-order valence-corrected chi connectivity index (χ4v) is 5.07. The lowest BCUT2D eigenvalue weighted by molar-refractivity contribution is -0.161. The summed E-state index contributed by atoms with van der Waals surface area (Å²) >= 11 is 0. The number of aliphatic hydroxyl groups is 2. The average molecular weight is 637 g/mol. The first-order chi connectivity index (χ1) is 20.7. The van der Waals surface area contributed by atoms with Gasteiger partial charge >= 0.3 is 19.8 Å². The number of phosphoric acid groups is 1. The van der Waals surface area contributed by atoms with Crippen molar-refractivity contribution < 1.29 is 47.8 Å². The zero-order chi connectivity index (χ0) is 32.0. The molecule has 0 heterocycles. The standard InChI is InChI=1S/C32H61O10P/c1-3-5-7-8-9-10-11-12-13-14-15-16-17-18-19-20-22-24-32(36)42-30(27-39-31(35)23-21-6-4-2)28-41-43(37,38)40-26-29(34)25-33/h12-13,29-30,33-34H,3-11,14-28H2,1-2H3,(H,37,38)/b13-12-. The van der Waals surface area contributed by atoms with Gasteiger partial charge in [0.15, 0.2) is 6.10 Å². The second kappa shape index (κ2) is 29.4. The zero-order valence-electron chi connectivity index (χ0n) is 26.9. The van der Waals surface area contributed by atoms with Crippen LogP contribution >= 0.6 is 7.82 Å². The molecule has 3 atom stereocenters. The van der Waals surface area contributed by atoms with Gasteiger partial charge in [-0.3, -0.25) is 18.6 Å². The fraction of sp³-hybridized carbons (Fsp3) is 0.875. The molecule has 0 fully saturated rings. The number of allylic oxidation sites excluding steroid dienone is 2. The molecule has 11 heteroatoms. The maximum absolute atomic E-state index is 12.4. The Kier molecular flexibility index (Phi) is 28.5. The summed E-state index contributed by atoms with van der Waals surface area (Å²) in [5, 5.41) is 18.1. The molecule has 43 heavy (non-hydrogen) atoms. The Morgan fingerprint density at radius 2 is 1.14 bits per heavy atom. The SMILES string of the molecule is CCCCCCCC/C=C\CCCCCCCCCC(=O)OC(COC(=O)CCCCC)COP(=O)(O)OCC(O)CO. The second-order valence-corrected chi connectivity index (χ2v) is 12.6. The molecular weight excluding hydrogens is 575 g/mol. The number of phosphoric ester groups is 1. The van der Waals surface area contributed by atoms with E-state index < -0.39 is 51.8 Å². The Hall–Kier alpha value is -1.29. The van der Waals surface area contributed by atoms with Gasteiger partial charge in [-0.1, -0.05) is 103 Å². The van der Waals surface area contributed by atoms with Crippen LogP contribution in [0, 0.1) is 0 Å². The van der Waals surface area contributed by atoms with Crippen molar-refractivity contribution in [1.82, 2.24) is 0 Å². The van der Waals surface area contributed by atoms with Crippen LogP contribution in [-0.4, -0.2) is 65.7 Å². The van der Waals surface area contributed by atoms with Crippen LogP contribution in [-0.2, 0) is 32.7 Å². The summed E-state index contributed by atoms with van der Waals surface area (Å²) in [4.78, 5) is 34.2. The number of carbonyl (C=O) groups is 2. The lowest BCUT2D eigenvalue weighted by Gasteiger charge is -2.20. The summed E-state index contributed by atoms with van der Waals surface area (Å²) in [6, 6.07) is 0. The number of hydrogen-bond donors (Lipinski definition) is 3. The first-order valence-electron chi connectivity index (χ1n) is 16.6. The Morgan fingerprint density at radius 3 is 1.72 bits per heavy atom. The molecule has 0 amide bonds. The Labute approximate surface area is 260 Å². The van der Waals surface area contributed by atoms with Gasteiger partial charge in [0, 0.05) is 12.8 Å². The highest BCUT2D eigenvalue weighted by molar-refractivity contribution is 7.47. The average Bonchev–Trinajstić information content (AvgIpc) is 2.99. The molecule has 0 rings (SSSR count). The molecule has 254 valence electrons. The molecule has 0 spiro atoms. The molecule has 3 N–H and O–H groups in total. The molecule has 0 aliphatic heterocycles. The van der Waals surface area contributed by atoms with Crippen LogP contribution < -0.4 is 0 Å². The van der Waals surface area contributed by atoms with Gasteiger partial charge in [0.2, 0.25) is 0 Å². The summed E-state index contributed by atoms with van der Waals surface area (Å²) in [6.45, 7) is 2.15. The Bertz CT molecular complexity index is 746. The van der Waals surface area contributed by atoms with Crippen LogP contribution in [0.1, 0.15) is 142 Å². The summed E-state index contributed by atoms with van der Waals surface area (Å²) in [5.41, 5.74) is 0. The highest BCUT2D eigenvalue weighted by atomic mass is 31.2. The molecule has 0 aliphatic carbocycles. The van der Waals surface area contributed by atoms with Crippen LogP contribution in [0.25, 0.3) is 0 Å². The van der Waals surface area contributed by atoms with E-state index in [1.165, 1.54) is 64.2 Å². The number of esters is 2. The highest BCUT2D eigenvalue weighted by Crippen LogP contribution is 2.43. The molecule has 0 aromatic heterocycles. The minimum Gasteiger partial charge on any atom is -0.462 e. The molecule has 0 aliphatic rings. The van der Waals surface area contributed by atoms with Crippen molar-refractivity contribution in [3.05, 3.63) is 12.2 Å². The number of ether oxygens (including phenoxy) is 2. The molecule has 0 saturated heterocycles. The van der Waals surface area contributed by atoms with Crippen molar-refractivity contribution >= 4 is 19.8 Å². The van der Waals surface area contributed by atoms with Crippen LogP contribution in [0.5, 0.6) is 0 Å². The summed E-state index contributed by atoms with van der Waals surface area (Å²) in [5.74, 6) is -0.957. The molecular formula is C32H61O10P. The predicted octanol–water partition coefficient (Wildman–Crippen LogP) is 7.33. The van der Waals surface area contributed by atoms with Crippen molar-refractivity contribution in [2.75, 3.05) is 26.4 Å². The van der Waals surface area contributed by atoms with Gasteiger partial charge < -0.3 is 24.6 Å². The van der Waals surface area contributed by atoms with Crippen LogP contribution in [0.4, 0.5) is 0 Å². The normalized spacial score (nSPS) is 14.4. The molecule has 0 radical (unpaired) electrons. The van der Waals surface area contributed by atoms with Gasteiger partial charge in [-0.05, 0) is 38.5 Å². The van der Waals surface area contributed by atoms with Crippen molar-refractivity contribution in [2.24, 2.45) is 0 Å². The highest BCUT2D eigenvalue weighted by Gasteiger charge is 2.27. The van der Waals surface area contributed by atoms with Gasteiger partial charge in [0.25, 0.3) is 0 Å². The molecule has 0 saturated carbocycles. The largest absolute Gasteiger partial charge is 0.472 e. The van der Waals surface area contributed by atoms with Crippen LogP contribution in [0.15, 0.2) is 12.2 Å². The Balaban J connectivity index is 4.19. The van der Waals surface area contributed by atoms with Gasteiger partial charge in [-0.2, -0.15) is 0 Å². The summed E-state index contributed by atoms with van der Waals surface area (Å²) < 4.78 is 32.1. The van der Waals surface area contributed by atoms with Gasteiger partial charge in [0.1, 0.15) is 12.7 Å². The maximum atomic E-state index is 12.4. The smallest absolute Gasteiger partial charge is 0.462 e. The predicted molar refractivity (Wildman–Crippen MR) is 168 cm³/mol. The fourth-order valence-electron chi connectivity index (χ4n) is 4.28. The molecule has 0 aromatic carbocycles. The third kappa shape index (κ3) is 29.2. The van der Waals surface area contributed by atoms with Crippen LogP contribution in [0.2, 0.25) is 0 Å². The second-order valence-electron chi connectivity index (χ2n) is 11.2. The van der Waals surface area contributed by atoms with Crippen LogP contribution in [0.3, 0.4) is 0 Å². The molecule has 3 unspecified atom stereocenters. The van der Waals surface area contributed by atoms with E-state index in [0.29, 0.717) is 12.8 Å². The first kappa shape index (κ1) is 41.7. The van der Waals surface area contributed by atoms with Gasteiger partial charge in [0.05, 0.1) is 19.8 Å². The quantitative estimate of drug-likeness (QED) is 0.0306. The van der Waals surface area contributed by atoms with E-state index in [0.717, 1.165) is 38.5 Å². The van der Waals surface area contributed by atoms with E-state index in [2.05, 4.69) is 23.6 Å². The van der Waals surface area contributed by atoms with E-state index in [1.54, 1.807) is 0 Å². The molecule has 10 nitrogen and oxygen atoms in total. The minimum absolute atomic E-state index is 0.181. The Morgan fingerprint density at radius 1 is 0.674 bits per heavy atom. The number of hydrogen-bond acceptors (Lipinski definition) is 9. The number of carbonyl (C=O) groups excluding carboxylic acids is 2. The summed E-state index contributed by atoms with van der Waals surface area (Å²) in [7, 11) is -4.59. The lowest BCUT2D eigenvalue weighted by Crippen LogP contribution is -2.29. The third-order valence-electron chi connectivity index (χ3n) is 6.92. The van der Waals surface area contributed by atoms with Crippen molar-refractivity contribution in [3.8, 4) is 0 Å². The number of aliphatic hydroxyl groups excluding tert-OH is 2. The van der Waals surface area contributed by atoms with E-state index >= 15 is 0 Å². The monoisotopic (exact) mass is 636 g/mol.